The Labute approximate surface area is 82.6 Å². The number of hydrogen-bond acceptors (Lipinski definition) is 4. The summed E-state index contributed by atoms with van der Waals surface area (Å²) in [5.74, 6) is 1.11. The molecule has 0 spiro atoms. The zero-order chi connectivity index (χ0) is 10.4. The fraction of sp³-hybridized carbons (Fsp3) is 0.444. The minimum atomic E-state index is -0.130. The predicted molar refractivity (Wildman–Crippen MR) is 53.3 cm³/mol. The molecule has 0 amide bonds. The smallest absolute Gasteiger partial charge is 0.156 e. The number of oxime groups is 1. The molecule has 0 aromatic carbocycles. The van der Waals surface area contributed by atoms with E-state index in [2.05, 4.69) is 10.5 Å². The molecule has 78 valence electrons. The van der Waals surface area contributed by atoms with Gasteiger partial charge in [-0.05, 0) is 19.1 Å². The number of amidine groups is 1. The average molecular weight is 197 g/mol. The van der Waals surface area contributed by atoms with E-state index in [1.165, 1.54) is 0 Å². The highest BCUT2D eigenvalue weighted by atomic mass is 16.4. The molecule has 5 heteroatoms. The van der Waals surface area contributed by atoms with E-state index >= 15 is 0 Å². The molecule has 0 bridgehead atoms. The summed E-state index contributed by atoms with van der Waals surface area (Å²) in [5.41, 5.74) is 5.39. The molecule has 1 aromatic heterocycles. The lowest BCUT2D eigenvalue weighted by Gasteiger charge is -2.10. The van der Waals surface area contributed by atoms with Gasteiger partial charge in [0, 0.05) is 13.0 Å². The Morgan fingerprint density at radius 3 is 3.14 bits per heavy atom. The van der Waals surface area contributed by atoms with Crippen LogP contribution >= 0.6 is 0 Å². The minimum absolute atomic E-state index is 0.130. The monoisotopic (exact) mass is 197 g/mol. The summed E-state index contributed by atoms with van der Waals surface area (Å²) in [6, 6.07) is 3.63. The first-order chi connectivity index (χ1) is 6.74. The number of nitrogens with one attached hydrogen (secondary N) is 1. The van der Waals surface area contributed by atoms with Crippen molar-refractivity contribution in [3.8, 4) is 0 Å². The van der Waals surface area contributed by atoms with E-state index in [9.17, 15) is 0 Å². The second kappa shape index (κ2) is 5.29. The van der Waals surface area contributed by atoms with Crippen LogP contribution in [0.2, 0.25) is 0 Å². The van der Waals surface area contributed by atoms with Crippen molar-refractivity contribution in [2.24, 2.45) is 10.9 Å². The van der Waals surface area contributed by atoms with Crippen LogP contribution in [0, 0.1) is 0 Å². The quantitative estimate of drug-likeness (QED) is 0.278. The third-order valence-electron chi connectivity index (χ3n) is 1.96. The van der Waals surface area contributed by atoms with E-state index in [1.807, 2.05) is 19.1 Å². The van der Waals surface area contributed by atoms with Gasteiger partial charge in [-0.25, -0.2) is 0 Å². The second-order valence-electron chi connectivity index (χ2n) is 3.03. The first-order valence-corrected chi connectivity index (χ1v) is 4.47. The highest BCUT2D eigenvalue weighted by molar-refractivity contribution is 5.84. The van der Waals surface area contributed by atoms with E-state index in [0.717, 1.165) is 18.7 Å². The second-order valence-corrected chi connectivity index (χ2v) is 3.03. The maximum atomic E-state index is 8.39. The van der Waals surface area contributed by atoms with Gasteiger partial charge in [-0.15, -0.1) is 0 Å². The molecule has 1 rings (SSSR count). The molecule has 5 nitrogen and oxygen atoms in total. The molecule has 0 aliphatic heterocycles. The van der Waals surface area contributed by atoms with E-state index in [0.29, 0.717) is 0 Å². The molecule has 1 heterocycles. The molecule has 1 atom stereocenters. The lowest BCUT2D eigenvalue weighted by Crippen LogP contribution is -2.39. The summed E-state index contributed by atoms with van der Waals surface area (Å²) in [6.45, 7) is 2.56. The molecular formula is C9H15N3O2. The van der Waals surface area contributed by atoms with Gasteiger partial charge in [-0.1, -0.05) is 5.16 Å². The maximum Gasteiger partial charge on any atom is 0.156 e. The van der Waals surface area contributed by atoms with Gasteiger partial charge in [-0.3, -0.25) is 0 Å². The molecule has 0 radical (unpaired) electrons. The third-order valence-corrected chi connectivity index (χ3v) is 1.96. The summed E-state index contributed by atoms with van der Waals surface area (Å²) in [7, 11) is 0. The number of furan rings is 1. The Hall–Kier alpha value is -1.49. The predicted octanol–water partition coefficient (Wildman–Crippen LogP) is 0.547. The van der Waals surface area contributed by atoms with Crippen LogP contribution in [-0.2, 0) is 6.42 Å². The highest BCUT2D eigenvalue weighted by Gasteiger charge is 2.05. The van der Waals surface area contributed by atoms with Crippen molar-refractivity contribution in [3.05, 3.63) is 24.2 Å². The van der Waals surface area contributed by atoms with Gasteiger partial charge in [0.05, 0.1) is 12.3 Å². The van der Waals surface area contributed by atoms with Crippen molar-refractivity contribution in [2.45, 2.75) is 19.4 Å². The summed E-state index contributed by atoms with van der Waals surface area (Å²) < 4.78 is 5.15. The number of nitrogens with zero attached hydrogens (tertiary/aromatic N) is 1. The van der Waals surface area contributed by atoms with Gasteiger partial charge in [0.2, 0.25) is 0 Å². The van der Waals surface area contributed by atoms with E-state index in [1.54, 1.807) is 6.26 Å². The Morgan fingerprint density at radius 1 is 1.79 bits per heavy atom. The lowest BCUT2D eigenvalue weighted by atomic mass is 10.3. The van der Waals surface area contributed by atoms with Crippen molar-refractivity contribution < 1.29 is 9.62 Å². The van der Waals surface area contributed by atoms with Crippen molar-refractivity contribution in [1.29, 1.82) is 0 Å². The average Bonchev–Trinajstić information content (AvgIpc) is 2.69. The van der Waals surface area contributed by atoms with Crippen molar-refractivity contribution in [3.63, 3.8) is 0 Å². The van der Waals surface area contributed by atoms with Gasteiger partial charge in [-0.2, -0.15) is 0 Å². The van der Waals surface area contributed by atoms with Gasteiger partial charge in [0.25, 0.3) is 0 Å². The topological polar surface area (TPSA) is 83.8 Å². The summed E-state index contributed by atoms with van der Waals surface area (Å²) >= 11 is 0. The van der Waals surface area contributed by atoms with E-state index in [4.69, 9.17) is 15.4 Å². The molecule has 1 unspecified atom stereocenters. The van der Waals surface area contributed by atoms with Crippen molar-refractivity contribution in [2.75, 3.05) is 6.54 Å². The van der Waals surface area contributed by atoms with Crippen LogP contribution in [0.5, 0.6) is 0 Å². The SMILES string of the molecule is CC(NCCc1ccco1)C(N)=NO. The summed E-state index contributed by atoms with van der Waals surface area (Å²) in [4.78, 5) is 0. The summed E-state index contributed by atoms with van der Waals surface area (Å²) in [5, 5.41) is 14.4. The molecule has 4 N–H and O–H groups in total. The fourth-order valence-electron chi connectivity index (χ4n) is 1.06. The Balaban J connectivity index is 2.22. The molecular weight excluding hydrogens is 182 g/mol. The van der Waals surface area contributed by atoms with Gasteiger partial charge in [0.15, 0.2) is 5.84 Å². The van der Waals surface area contributed by atoms with E-state index in [-0.39, 0.29) is 11.9 Å². The molecule has 1 aromatic rings. The third kappa shape index (κ3) is 3.10. The van der Waals surface area contributed by atoms with E-state index < -0.39 is 0 Å². The largest absolute Gasteiger partial charge is 0.469 e. The van der Waals surface area contributed by atoms with Crippen LogP contribution in [0.15, 0.2) is 28.0 Å². The van der Waals surface area contributed by atoms with Crippen LogP contribution in [0.25, 0.3) is 0 Å². The molecule has 0 saturated heterocycles. The van der Waals surface area contributed by atoms with Crippen LogP contribution in [0.3, 0.4) is 0 Å². The van der Waals surface area contributed by atoms with Crippen LogP contribution in [0.4, 0.5) is 0 Å². The zero-order valence-corrected chi connectivity index (χ0v) is 8.10. The van der Waals surface area contributed by atoms with Crippen molar-refractivity contribution >= 4 is 5.84 Å². The Bertz CT molecular complexity index is 282. The zero-order valence-electron chi connectivity index (χ0n) is 8.10. The van der Waals surface area contributed by atoms with Crippen molar-refractivity contribution in [1.82, 2.24) is 5.32 Å². The molecule has 0 aliphatic carbocycles. The lowest BCUT2D eigenvalue weighted by molar-refractivity contribution is 0.315. The first kappa shape index (κ1) is 10.6. The minimum Gasteiger partial charge on any atom is -0.469 e. The molecule has 14 heavy (non-hydrogen) atoms. The summed E-state index contributed by atoms with van der Waals surface area (Å²) in [6.07, 6.45) is 2.43. The van der Waals surface area contributed by atoms with Gasteiger partial charge in [0.1, 0.15) is 5.76 Å². The Morgan fingerprint density at radius 2 is 2.57 bits per heavy atom. The van der Waals surface area contributed by atoms with Gasteiger partial charge < -0.3 is 20.7 Å². The first-order valence-electron chi connectivity index (χ1n) is 4.47. The van der Waals surface area contributed by atoms with Crippen LogP contribution < -0.4 is 11.1 Å². The number of hydrogen-bond donors (Lipinski definition) is 3. The molecule has 0 saturated carbocycles. The highest BCUT2D eigenvalue weighted by Crippen LogP contribution is 1.99. The van der Waals surface area contributed by atoms with Gasteiger partial charge >= 0.3 is 0 Å². The number of nitrogens with two attached hydrogens (primary N) is 1. The Kier molecular flexibility index (Phi) is 4.00. The van der Waals surface area contributed by atoms with Crippen LogP contribution in [-0.4, -0.2) is 23.6 Å². The van der Waals surface area contributed by atoms with Crippen LogP contribution in [0.1, 0.15) is 12.7 Å². The maximum absolute atomic E-state index is 8.39. The fourth-order valence-corrected chi connectivity index (χ4v) is 1.06. The molecule has 0 fully saturated rings. The molecule has 0 aliphatic rings. The standard InChI is InChI=1S/C9H15N3O2/c1-7(9(10)12-13)11-5-4-8-3-2-6-14-8/h2-3,6-7,11,13H,4-5H2,1H3,(H2,10,12). The number of rotatable bonds is 5. The normalized spacial score (nSPS) is 14.2.